The van der Waals surface area contributed by atoms with Crippen molar-refractivity contribution in [2.75, 3.05) is 40.5 Å². The zero-order valence-corrected chi connectivity index (χ0v) is 21.7. The van der Waals surface area contributed by atoms with Gasteiger partial charge in [-0.25, -0.2) is 0 Å². The molecule has 2 aliphatic rings. The van der Waals surface area contributed by atoms with Crippen LogP contribution in [0.1, 0.15) is 23.5 Å². The summed E-state index contributed by atoms with van der Waals surface area (Å²) in [4.78, 5) is 29.5. The number of hydrogen-bond donors (Lipinski definition) is 0. The Morgan fingerprint density at radius 2 is 1.84 bits per heavy atom. The van der Waals surface area contributed by atoms with Crippen LogP contribution in [-0.2, 0) is 16.1 Å². The number of halogens is 1. The number of carbonyl (C=O) groups is 2. The Bertz CT molecular complexity index is 1310. The van der Waals surface area contributed by atoms with Crippen LogP contribution in [-0.4, -0.2) is 62.1 Å². The summed E-state index contributed by atoms with van der Waals surface area (Å²) in [6, 6.07) is 19.3. The molecule has 3 aromatic carbocycles. The Morgan fingerprint density at radius 1 is 1.05 bits per heavy atom. The van der Waals surface area contributed by atoms with E-state index in [4.69, 9.17) is 25.8 Å². The third kappa shape index (κ3) is 5.23. The second kappa shape index (κ2) is 10.7. The number of nitrogens with zero attached hydrogens (tertiary/aromatic N) is 2. The van der Waals surface area contributed by atoms with Crippen LogP contribution in [0.4, 0.5) is 0 Å². The molecule has 192 valence electrons. The molecule has 3 aromatic rings. The number of amides is 2. The molecular formula is C29H29ClN2O5. The molecule has 0 bridgehead atoms. The van der Waals surface area contributed by atoms with Crippen LogP contribution in [0.3, 0.4) is 0 Å². The second-order valence-electron chi connectivity index (χ2n) is 9.26. The number of likely N-dealkylation sites (tertiary alicyclic amines) is 1. The smallest absolute Gasteiger partial charge is 0.242 e. The summed E-state index contributed by atoms with van der Waals surface area (Å²) >= 11 is 6.28. The quantitative estimate of drug-likeness (QED) is 0.469. The predicted molar refractivity (Wildman–Crippen MR) is 141 cm³/mol. The monoisotopic (exact) mass is 520 g/mol. The highest BCUT2D eigenvalue weighted by Crippen LogP contribution is 2.41. The minimum absolute atomic E-state index is 0.00526. The third-order valence-corrected chi connectivity index (χ3v) is 7.19. The van der Waals surface area contributed by atoms with Gasteiger partial charge in [0, 0.05) is 41.6 Å². The molecule has 0 spiro atoms. The summed E-state index contributed by atoms with van der Waals surface area (Å²) in [5, 5.41) is 0.585. The van der Waals surface area contributed by atoms with Crippen LogP contribution in [0.5, 0.6) is 17.2 Å². The number of ether oxygens (including phenoxy) is 3. The van der Waals surface area contributed by atoms with Gasteiger partial charge in [-0.3, -0.25) is 9.59 Å². The lowest BCUT2D eigenvalue weighted by molar-refractivity contribution is -0.138. The molecule has 0 saturated carbocycles. The van der Waals surface area contributed by atoms with E-state index in [1.165, 1.54) is 0 Å². The highest BCUT2D eigenvalue weighted by atomic mass is 35.5. The van der Waals surface area contributed by atoms with Gasteiger partial charge in [-0.05, 0) is 41.5 Å². The van der Waals surface area contributed by atoms with Crippen molar-refractivity contribution in [2.45, 2.75) is 18.9 Å². The molecule has 2 aliphatic heterocycles. The highest BCUT2D eigenvalue weighted by molar-refractivity contribution is 6.31. The van der Waals surface area contributed by atoms with E-state index in [1.54, 1.807) is 30.1 Å². The zero-order valence-electron chi connectivity index (χ0n) is 20.9. The van der Waals surface area contributed by atoms with E-state index in [2.05, 4.69) is 0 Å². The van der Waals surface area contributed by atoms with Gasteiger partial charge in [-0.15, -0.1) is 0 Å². The molecule has 8 heteroatoms. The summed E-state index contributed by atoms with van der Waals surface area (Å²) in [6.07, 6.45) is 0.422. The SMILES string of the molecule is COc1ccc(Cl)cc1-c1cc2c(c(OC)c1)OCCN(C(=O)CN1C[C@@H](c3ccccc3)CC1=O)C2. The summed E-state index contributed by atoms with van der Waals surface area (Å²) in [5.74, 6) is 1.87. The lowest BCUT2D eigenvalue weighted by Gasteiger charge is -2.24. The molecule has 2 amide bonds. The highest BCUT2D eigenvalue weighted by Gasteiger charge is 2.33. The van der Waals surface area contributed by atoms with Gasteiger partial charge in [0.05, 0.1) is 27.3 Å². The molecule has 0 radical (unpaired) electrons. The first-order valence-electron chi connectivity index (χ1n) is 12.2. The number of methoxy groups -OCH3 is 2. The second-order valence-corrected chi connectivity index (χ2v) is 9.70. The molecule has 0 unspecified atom stereocenters. The van der Waals surface area contributed by atoms with Crippen molar-refractivity contribution < 1.29 is 23.8 Å². The molecule has 0 aliphatic carbocycles. The first kappa shape index (κ1) is 25.0. The Balaban J connectivity index is 1.37. The Kier molecular flexibility index (Phi) is 7.24. The summed E-state index contributed by atoms with van der Waals surface area (Å²) in [6.45, 7) is 1.68. The Morgan fingerprint density at radius 3 is 2.59 bits per heavy atom. The van der Waals surface area contributed by atoms with E-state index < -0.39 is 0 Å². The largest absolute Gasteiger partial charge is 0.496 e. The minimum atomic E-state index is -0.108. The van der Waals surface area contributed by atoms with Gasteiger partial charge in [0.1, 0.15) is 12.4 Å². The van der Waals surface area contributed by atoms with Crippen molar-refractivity contribution in [1.82, 2.24) is 9.80 Å². The molecule has 1 fully saturated rings. The lowest BCUT2D eigenvalue weighted by atomic mass is 9.99. The summed E-state index contributed by atoms with van der Waals surface area (Å²) in [7, 11) is 3.20. The van der Waals surface area contributed by atoms with Gasteiger partial charge in [0.25, 0.3) is 0 Å². The van der Waals surface area contributed by atoms with Gasteiger partial charge in [0.15, 0.2) is 11.5 Å². The normalized spacial score (nSPS) is 17.2. The van der Waals surface area contributed by atoms with E-state index in [-0.39, 0.29) is 24.3 Å². The van der Waals surface area contributed by atoms with E-state index in [0.717, 1.165) is 22.3 Å². The maximum atomic E-state index is 13.4. The Hall–Kier alpha value is -3.71. The molecule has 1 saturated heterocycles. The van der Waals surface area contributed by atoms with Crippen LogP contribution < -0.4 is 14.2 Å². The van der Waals surface area contributed by atoms with Crippen molar-refractivity contribution in [1.29, 1.82) is 0 Å². The minimum Gasteiger partial charge on any atom is -0.496 e. The van der Waals surface area contributed by atoms with Gasteiger partial charge < -0.3 is 24.0 Å². The van der Waals surface area contributed by atoms with Crippen molar-refractivity contribution >= 4 is 23.4 Å². The number of fused-ring (bicyclic) bond motifs is 1. The fraction of sp³-hybridized carbons (Fsp3) is 0.310. The van der Waals surface area contributed by atoms with E-state index >= 15 is 0 Å². The first-order valence-corrected chi connectivity index (χ1v) is 12.6. The van der Waals surface area contributed by atoms with Gasteiger partial charge in [-0.2, -0.15) is 0 Å². The van der Waals surface area contributed by atoms with Crippen molar-refractivity contribution in [3.05, 3.63) is 76.8 Å². The van der Waals surface area contributed by atoms with Crippen LogP contribution >= 0.6 is 11.6 Å². The number of hydrogen-bond acceptors (Lipinski definition) is 5. The molecule has 2 heterocycles. The van der Waals surface area contributed by atoms with Crippen molar-refractivity contribution in [3.8, 4) is 28.4 Å². The molecule has 37 heavy (non-hydrogen) atoms. The van der Waals surface area contributed by atoms with Gasteiger partial charge in [-0.1, -0.05) is 41.9 Å². The van der Waals surface area contributed by atoms with E-state index in [1.807, 2.05) is 54.6 Å². The van der Waals surface area contributed by atoms with Crippen LogP contribution in [0, 0.1) is 0 Å². The van der Waals surface area contributed by atoms with Gasteiger partial charge >= 0.3 is 0 Å². The van der Waals surface area contributed by atoms with Gasteiger partial charge in [0.2, 0.25) is 11.8 Å². The fourth-order valence-electron chi connectivity index (χ4n) is 5.05. The fourth-order valence-corrected chi connectivity index (χ4v) is 5.22. The average Bonchev–Trinajstić information content (AvgIpc) is 3.14. The third-order valence-electron chi connectivity index (χ3n) is 6.96. The van der Waals surface area contributed by atoms with Crippen LogP contribution in [0.25, 0.3) is 11.1 Å². The van der Waals surface area contributed by atoms with E-state index in [0.29, 0.717) is 54.9 Å². The lowest BCUT2D eigenvalue weighted by Crippen LogP contribution is -2.41. The molecular weight excluding hydrogens is 492 g/mol. The van der Waals surface area contributed by atoms with Crippen LogP contribution in [0.15, 0.2) is 60.7 Å². The Labute approximate surface area is 221 Å². The van der Waals surface area contributed by atoms with Crippen LogP contribution in [0.2, 0.25) is 5.02 Å². The molecule has 5 rings (SSSR count). The standard InChI is InChI=1S/C29H29ClN2O5/c1-35-25-9-8-23(30)15-24(25)20-12-22-17-31(10-11-37-29(22)26(13-20)36-2)28(34)18-32-16-21(14-27(32)33)19-6-4-3-5-7-19/h3-9,12-13,15,21H,10-11,14,16-18H2,1-2H3/t21-/m0/s1. The molecule has 1 atom stereocenters. The number of rotatable bonds is 6. The maximum Gasteiger partial charge on any atom is 0.242 e. The summed E-state index contributed by atoms with van der Waals surface area (Å²) in [5.41, 5.74) is 3.59. The predicted octanol–water partition coefficient (Wildman–Crippen LogP) is 4.76. The molecule has 0 aromatic heterocycles. The average molecular weight is 521 g/mol. The van der Waals surface area contributed by atoms with E-state index in [9.17, 15) is 9.59 Å². The molecule has 7 nitrogen and oxygen atoms in total. The first-order chi connectivity index (χ1) is 18.0. The number of carbonyl (C=O) groups excluding carboxylic acids is 2. The topological polar surface area (TPSA) is 68.3 Å². The maximum absolute atomic E-state index is 13.4. The summed E-state index contributed by atoms with van der Waals surface area (Å²) < 4.78 is 17.2. The van der Waals surface area contributed by atoms with Crippen molar-refractivity contribution in [3.63, 3.8) is 0 Å². The number of benzene rings is 3. The molecule has 0 N–H and O–H groups in total. The van der Waals surface area contributed by atoms with Crippen molar-refractivity contribution in [2.24, 2.45) is 0 Å². The zero-order chi connectivity index (χ0) is 25.9.